The van der Waals surface area contributed by atoms with E-state index in [0.717, 1.165) is 135 Å². The molecule has 0 amide bonds. The Labute approximate surface area is 414 Å². The third-order valence-electron chi connectivity index (χ3n) is 11.9. The smallest absolute Gasteiger partial charge is 0.306 e. The van der Waals surface area contributed by atoms with Gasteiger partial charge in [-0.15, -0.1) is 0 Å². The van der Waals surface area contributed by atoms with Crippen molar-refractivity contribution in [3.8, 4) is 0 Å². The van der Waals surface area contributed by atoms with E-state index in [4.69, 9.17) is 14.2 Å². The Morgan fingerprint density at radius 1 is 0.313 bits per heavy atom. The summed E-state index contributed by atoms with van der Waals surface area (Å²) in [6.45, 7) is 6.40. The zero-order chi connectivity index (χ0) is 48.6. The first-order chi connectivity index (χ1) is 33.0. The Kier molecular flexibility index (Phi) is 52.4. The molecule has 0 saturated carbocycles. The van der Waals surface area contributed by atoms with E-state index in [1.807, 2.05) is 0 Å². The normalized spacial score (nSPS) is 12.7. The summed E-state index contributed by atoms with van der Waals surface area (Å²) in [7, 11) is 0. The van der Waals surface area contributed by atoms with E-state index >= 15 is 0 Å². The van der Waals surface area contributed by atoms with Crippen LogP contribution < -0.4 is 0 Å². The van der Waals surface area contributed by atoms with Crippen LogP contribution in [-0.4, -0.2) is 37.2 Å². The maximum atomic E-state index is 12.9. The Bertz CT molecular complexity index is 1300. The Balaban J connectivity index is 4.44. The minimum absolute atomic E-state index is 0.0921. The Morgan fingerprint density at radius 2 is 0.582 bits per heavy atom. The van der Waals surface area contributed by atoms with Gasteiger partial charge in [0.1, 0.15) is 13.2 Å². The van der Waals surface area contributed by atoms with Gasteiger partial charge in [-0.2, -0.15) is 0 Å². The maximum Gasteiger partial charge on any atom is 0.306 e. The summed E-state index contributed by atoms with van der Waals surface area (Å²) in [5.74, 6) is -0.924. The van der Waals surface area contributed by atoms with Crippen molar-refractivity contribution in [3.63, 3.8) is 0 Å². The number of hydrogen-bond acceptors (Lipinski definition) is 6. The van der Waals surface area contributed by atoms with Gasteiger partial charge in [0.2, 0.25) is 0 Å². The molecular formula is C61H104O6. The molecule has 0 N–H and O–H groups in total. The number of carbonyl (C=O) groups excluding carboxylic acids is 3. The van der Waals surface area contributed by atoms with Crippen molar-refractivity contribution >= 4 is 17.9 Å². The van der Waals surface area contributed by atoms with Gasteiger partial charge in [0.15, 0.2) is 6.10 Å². The van der Waals surface area contributed by atoms with Crippen molar-refractivity contribution < 1.29 is 28.6 Å². The average molecular weight is 933 g/mol. The van der Waals surface area contributed by atoms with Crippen LogP contribution in [0.5, 0.6) is 0 Å². The predicted molar refractivity (Wildman–Crippen MR) is 288 cm³/mol. The first-order valence-electron chi connectivity index (χ1n) is 28.1. The van der Waals surface area contributed by atoms with Crippen LogP contribution >= 0.6 is 0 Å². The third kappa shape index (κ3) is 53.4. The van der Waals surface area contributed by atoms with Crippen LogP contribution in [0.15, 0.2) is 85.1 Å². The molecule has 0 aromatic heterocycles. The van der Waals surface area contributed by atoms with Gasteiger partial charge in [0.05, 0.1) is 0 Å². The number of esters is 3. The van der Waals surface area contributed by atoms with Crippen molar-refractivity contribution in [1.82, 2.24) is 0 Å². The molecule has 0 radical (unpaired) electrons. The van der Waals surface area contributed by atoms with E-state index in [2.05, 4.69) is 106 Å². The van der Waals surface area contributed by atoms with Crippen LogP contribution in [-0.2, 0) is 28.6 Å². The molecule has 0 spiro atoms. The highest BCUT2D eigenvalue weighted by molar-refractivity contribution is 5.71. The summed E-state index contributed by atoms with van der Waals surface area (Å²) >= 11 is 0. The zero-order valence-corrected chi connectivity index (χ0v) is 43.9. The molecule has 0 rings (SSSR count). The monoisotopic (exact) mass is 933 g/mol. The van der Waals surface area contributed by atoms with Crippen LogP contribution in [0.3, 0.4) is 0 Å². The van der Waals surface area contributed by atoms with Crippen molar-refractivity contribution in [2.75, 3.05) is 13.2 Å². The Hall–Kier alpha value is -3.41. The molecule has 0 fully saturated rings. The molecule has 0 saturated heterocycles. The van der Waals surface area contributed by atoms with Gasteiger partial charge in [-0.3, -0.25) is 14.4 Å². The molecule has 1 atom stereocenters. The number of allylic oxidation sites excluding steroid dienone is 14. The molecule has 0 heterocycles. The van der Waals surface area contributed by atoms with Crippen molar-refractivity contribution in [2.24, 2.45) is 0 Å². The van der Waals surface area contributed by atoms with E-state index in [-0.39, 0.29) is 31.1 Å². The van der Waals surface area contributed by atoms with Crippen LogP contribution in [0.2, 0.25) is 0 Å². The van der Waals surface area contributed by atoms with E-state index in [1.165, 1.54) is 89.9 Å². The van der Waals surface area contributed by atoms with E-state index in [9.17, 15) is 14.4 Å². The Morgan fingerprint density at radius 3 is 0.910 bits per heavy atom. The largest absolute Gasteiger partial charge is 0.462 e. The molecular weight excluding hydrogens is 829 g/mol. The summed E-state index contributed by atoms with van der Waals surface area (Å²) in [5, 5.41) is 0. The number of unbranched alkanes of at least 4 members (excludes halogenated alkanes) is 25. The summed E-state index contributed by atoms with van der Waals surface area (Å²) in [6, 6.07) is 0. The van der Waals surface area contributed by atoms with Gasteiger partial charge < -0.3 is 14.2 Å². The highest BCUT2D eigenvalue weighted by Gasteiger charge is 2.19. The first-order valence-corrected chi connectivity index (χ1v) is 28.1. The van der Waals surface area contributed by atoms with Crippen LogP contribution in [0.25, 0.3) is 0 Å². The van der Waals surface area contributed by atoms with Crippen LogP contribution in [0, 0.1) is 0 Å². The standard InChI is InChI=1S/C61H104O6/c1-4-7-10-13-16-19-22-25-28-30-33-36-39-42-45-48-51-54-60(63)66-57-58(56-65-59(62)53-50-47-44-41-38-35-32-27-24-21-18-15-12-9-6-3)67-61(64)55-52-49-46-43-40-37-34-31-29-26-23-20-17-14-11-8-5-2/h7,9-10,12,16,18-19,21,25,27-28,32-33,36,58H,4-6,8,11,13-15,17,20,22-24,26,29-31,34-35,37-57H2,1-3H3/b10-7-,12-9-,19-16-,21-18-,28-25-,32-27-,36-33-/t58-/m0/s1. The van der Waals surface area contributed by atoms with Gasteiger partial charge in [-0.1, -0.05) is 241 Å². The second-order valence-electron chi connectivity index (χ2n) is 18.4. The van der Waals surface area contributed by atoms with Gasteiger partial charge >= 0.3 is 17.9 Å². The van der Waals surface area contributed by atoms with E-state index < -0.39 is 6.10 Å². The summed E-state index contributed by atoms with van der Waals surface area (Å²) in [6.07, 6.45) is 71.4. The van der Waals surface area contributed by atoms with Gasteiger partial charge in [0, 0.05) is 19.3 Å². The zero-order valence-electron chi connectivity index (χ0n) is 43.9. The van der Waals surface area contributed by atoms with Crippen LogP contribution in [0.4, 0.5) is 0 Å². The molecule has 0 aliphatic rings. The number of ether oxygens (including phenoxy) is 3. The van der Waals surface area contributed by atoms with Gasteiger partial charge in [-0.25, -0.2) is 0 Å². The summed E-state index contributed by atoms with van der Waals surface area (Å²) in [5.41, 5.74) is 0. The second kappa shape index (κ2) is 55.2. The highest BCUT2D eigenvalue weighted by Crippen LogP contribution is 2.16. The molecule has 6 nitrogen and oxygen atoms in total. The molecule has 0 aromatic rings. The fourth-order valence-electron chi connectivity index (χ4n) is 7.74. The SMILES string of the molecule is CC/C=C\C/C=C\C/C=C\C/C=C\CCCCCCC(=O)OC[C@H](COC(=O)CCCCCCC/C=C\C/C=C\C/C=C\CC)OC(=O)CCCCCCCCCCCCCCCCCCC. The number of hydrogen-bond donors (Lipinski definition) is 0. The maximum absolute atomic E-state index is 12.9. The molecule has 0 bridgehead atoms. The first kappa shape index (κ1) is 63.6. The molecule has 0 unspecified atom stereocenters. The molecule has 0 aliphatic heterocycles. The third-order valence-corrected chi connectivity index (χ3v) is 11.9. The minimum Gasteiger partial charge on any atom is -0.462 e. The summed E-state index contributed by atoms with van der Waals surface area (Å²) in [4.78, 5) is 38.1. The number of rotatable bonds is 50. The molecule has 6 heteroatoms. The predicted octanol–water partition coefficient (Wildman–Crippen LogP) is 18.8. The molecule has 0 aliphatic carbocycles. The molecule has 384 valence electrons. The summed E-state index contributed by atoms with van der Waals surface area (Å²) < 4.78 is 16.8. The van der Waals surface area contributed by atoms with Gasteiger partial charge in [-0.05, 0) is 89.9 Å². The fourth-order valence-corrected chi connectivity index (χ4v) is 7.74. The van der Waals surface area contributed by atoms with Crippen LogP contribution in [0.1, 0.15) is 265 Å². The molecule has 0 aromatic carbocycles. The fraction of sp³-hybridized carbons (Fsp3) is 0.721. The van der Waals surface area contributed by atoms with Gasteiger partial charge in [0.25, 0.3) is 0 Å². The molecule has 67 heavy (non-hydrogen) atoms. The van der Waals surface area contributed by atoms with Crippen molar-refractivity contribution in [3.05, 3.63) is 85.1 Å². The minimum atomic E-state index is -0.793. The lowest BCUT2D eigenvalue weighted by molar-refractivity contribution is -0.167. The lowest BCUT2D eigenvalue weighted by Crippen LogP contribution is -2.30. The lowest BCUT2D eigenvalue weighted by atomic mass is 10.0. The van der Waals surface area contributed by atoms with Crippen molar-refractivity contribution in [2.45, 2.75) is 271 Å². The topological polar surface area (TPSA) is 78.9 Å². The highest BCUT2D eigenvalue weighted by atomic mass is 16.6. The quantitative estimate of drug-likeness (QED) is 0.0262. The second-order valence-corrected chi connectivity index (χ2v) is 18.4. The number of carbonyl (C=O) groups is 3. The average Bonchev–Trinajstić information content (AvgIpc) is 3.33. The van der Waals surface area contributed by atoms with E-state index in [1.54, 1.807) is 0 Å². The lowest BCUT2D eigenvalue weighted by Gasteiger charge is -2.18. The van der Waals surface area contributed by atoms with E-state index in [0.29, 0.717) is 19.3 Å². The van der Waals surface area contributed by atoms with Crippen molar-refractivity contribution in [1.29, 1.82) is 0 Å².